The maximum absolute atomic E-state index is 14.9. The Morgan fingerprint density at radius 3 is 1.96 bits per heavy atom. The number of nitrogens with zero attached hydrogens (tertiary/aromatic N) is 1. The first-order chi connectivity index (χ1) is 23.0. The quantitative estimate of drug-likeness (QED) is 0.0634. The van der Waals surface area contributed by atoms with Gasteiger partial charge < -0.3 is 13.6 Å². The predicted molar refractivity (Wildman–Crippen MR) is 217 cm³/mol. The molecule has 0 radical (unpaired) electrons. The highest BCUT2D eigenvalue weighted by Crippen LogP contribution is 2.38. The molecule has 0 aromatic heterocycles. The van der Waals surface area contributed by atoms with Crippen LogP contribution in [-0.4, -0.2) is 69.0 Å². The first-order valence-electron chi connectivity index (χ1n) is 19.0. The van der Waals surface area contributed by atoms with Gasteiger partial charge in [0.1, 0.15) is 4.32 Å². The van der Waals surface area contributed by atoms with Crippen LogP contribution in [0.5, 0.6) is 0 Å². The maximum Gasteiger partial charge on any atom is 0.233 e. The van der Waals surface area contributed by atoms with Crippen LogP contribution in [0.2, 0.25) is 36.3 Å². The number of amides is 1. The van der Waals surface area contributed by atoms with Crippen molar-refractivity contribution in [3.05, 3.63) is 48.0 Å². The van der Waals surface area contributed by atoms with Gasteiger partial charge in [-0.2, -0.15) is 0 Å². The van der Waals surface area contributed by atoms with Crippen molar-refractivity contribution in [1.82, 2.24) is 4.90 Å². The molecule has 2 rings (SSSR count). The lowest BCUT2D eigenvalue weighted by molar-refractivity contribution is -0.137. The first kappa shape index (κ1) is 43.3. The number of hydrogen-bond donors (Lipinski definition) is 0. The molecule has 5 nitrogen and oxygen atoms in total. The summed E-state index contributed by atoms with van der Waals surface area (Å²) in [5, 5.41) is 0. The number of hydrogen-bond acceptors (Lipinski definition) is 6. The molecule has 48 heavy (non-hydrogen) atoms. The van der Waals surface area contributed by atoms with Gasteiger partial charge in [-0.1, -0.05) is 129 Å². The van der Waals surface area contributed by atoms with Crippen LogP contribution < -0.4 is 0 Å². The van der Waals surface area contributed by atoms with Gasteiger partial charge in [-0.05, 0) is 80.4 Å². The molecule has 7 atom stereocenters. The Labute approximate surface area is 307 Å². The smallest absolute Gasteiger partial charge is 0.233 e. The van der Waals surface area contributed by atoms with E-state index in [9.17, 15) is 4.79 Å². The molecule has 1 aromatic rings. The van der Waals surface area contributed by atoms with Gasteiger partial charge in [0.25, 0.3) is 0 Å². The third-order valence-corrected chi connectivity index (χ3v) is 22.4. The summed E-state index contributed by atoms with van der Waals surface area (Å²) in [6.07, 6.45) is 7.26. The predicted octanol–water partition coefficient (Wildman–Crippen LogP) is 10.9. The van der Waals surface area contributed by atoms with E-state index in [-0.39, 0.29) is 42.1 Å². The fourth-order valence-electron chi connectivity index (χ4n) is 7.74. The molecule has 0 aliphatic carbocycles. The lowest BCUT2D eigenvalue weighted by Gasteiger charge is -2.44. The minimum Gasteiger partial charge on any atom is -0.413 e. The van der Waals surface area contributed by atoms with E-state index in [1.54, 1.807) is 11.8 Å². The Bertz CT molecular complexity index is 1100. The molecule has 0 spiro atoms. The van der Waals surface area contributed by atoms with E-state index in [1.807, 2.05) is 18.1 Å². The third kappa shape index (κ3) is 11.3. The van der Waals surface area contributed by atoms with Crippen LogP contribution >= 0.6 is 24.0 Å². The van der Waals surface area contributed by atoms with Gasteiger partial charge in [-0.15, -0.1) is 0 Å². The second-order valence-electron chi connectivity index (χ2n) is 14.0. The normalized spacial score (nSPS) is 19.8. The van der Waals surface area contributed by atoms with Crippen molar-refractivity contribution in [2.45, 2.75) is 156 Å². The molecule has 1 aliphatic rings. The molecular formula is C39H69NO4S2Si2. The van der Waals surface area contributed by atoms with Crippen molar-refractivity contribution < 1.29 is 18.4 Å². The maximum atomic E-state index is 14.9. The topological polar surface area (TPSA) is 48.0 Å². The number of rotatable bonds is 23. The molecule has 1 fully saturated rings. The summed E-state index contributed by atoms with van der Waals surface area (Å²) >= 11 is 7.54. The van der Waals surface area contributed by atoms with Crippen molar-refractivity contribution >= 4 is 50.8 Å². The molecule has 1 heterocycles. The number of thiocarbonyl (C=S) groups is 1. The fourth-order valence-corrected chi connectivity index (χ4v) is 15.0. The van der Waals surface area contributed by atoms with E-state index in [2.05, 4.69) is 106 Å². The van der Waals surface area contributed by atoms with Crippen molar-refractivity contribution in [3.8, 4) is 0 Å². The van der Waals surface area contributed by atoms with Crippen molar-refractivity contribution in [2.24, 2.45) is 17.8 Å². The van der Waals surface area contributed by atoms with Gasteiger partial charge >= 0.3 is 0 Å². The van der Waals surface area contributed by atoms with E-state index in [0.29, 0.717) is 23.1 Å². The summed E-state index contributed by atoms with van der Waals surface area (Å²) in [6, 6.07) is 16.9. The highest BCUT2D eigenvalue weighted by molar-refractivity contribution is 8.23. The van der Waals surface area contributed by atoms with Gasteiger partial charge in [0.15, 0.2) is 16.6 Å². The fraction of sp³-hybridized carbons (Fsp3) is 0.744. The standard InChI is InChI=1S/C39H69NO4S2Si2/c1-12-20-24-30(9)37(42-11)31(10)35(43-47(14-3,15-4)16-5)28-36(44-48(17-6,18-7)19-8)34(13-2)38(41)40-33(29-46-39(40)45)27-32-25-22-21-23-26-32/h12,20-23,25-26,30-31,33-37H,13-19,24,27-29H2,1-11H3/b20-12+/t30-,31-,33-,34-,35+,36+,37+/m0/s1. The summed E-state index contributed by atoms with van der Waals surface area (Å²) in [5.41, 5.74) is 1.24. The summed E-state index contributed by atoms with van der Waals surface area (Å²) in [7, 11) is -2.25. The highest BCUT2D eigenvalue weighted by atomic mass is 32.2. The minimum absolute atomic E-state index is 0.0308. The molecular weight excluding hydrogens is 667 g/mol. The monoisotopic (exact) mass is 735 g/mol. The number of benzene rings is 1. The van der Waals surface area contributed by atoms with Gasteiger partial charge in [0.05, 0.1) is 30.3 Å². The molecule has 1 amide bonds. The third-order valence-electron chi connectivity index (χ3n) is 11.5. The number of carbonyl (C=O) groups excluding carboxylic acids is 1. The lowest BCUT2D eigenvalue weighted by atomic mass is 9.83. The van der Waals surface area contributed by atoms with Crippen LogP contribution in [0.25, 0.3) is 0 Å². The Morgan fingerprint density at radius 2 is 1.48 bits per heavy atom. The van der Waals surface area contributed by atoms with E-state index in [1.165, 1.54) is 5.56 Å². The largest absolute Gasteiger partial charge is 0.413 e. The highest BCUT2D eigenvalue weighted by Gasteiger charge is 2.46. The average Bonchev–Trinajstić information content (AvgIpc) is 3.47. The van der Waals surface area contributed by atoms with Gasteiger partial charge in [0, 0.05) is 18.8 Å². The van der Waals surface area contributed by atoms with E-state index in [0.717, 1.165) is 54.9 Å². The Hall–Kier alpha value is -0.816. The summed E-state index contributed by atoms with van der Waals surface area (Å²) in [4.78, 5) is 16.9. The second-order valence-corrected chi connectivity index (χ2v) is 25.1. The number of ether oxygens (including phenoxy) is 1. The molecule has 0 saturated carbocycles. The zero-order chi connectivity index (χ0) is 35.9. The van der Waals surface area contributed by atoms with Gasteiger partial charge in [0.2, 0.25) is 5.91 Å². The van der Waals surface area contributed by atoms with Gasteiger partial charge in [-0.25, -0.2) is 0 Å². The van der Waals surface area contributed by atoms with Crippen LogP contribution in [0.15, 0.2) is 42.5 Å². The SMILES string of the molecule is C/C=C/C[C@H](C)[C@@H](OC)[C@@H](C)[C@@H](C[C@@H](O[Si](CC)(CC)CC)[C@H](CC)C(=O)N1C(=S)SC[C@@H]1Cc1ccccc1)O[Si](CC)(CC)CC. The van der Waals surface area contributed by atoms with E-state index >= 15 is 0 Å². The minimum atomic E-state index is -2.09. The van der Waals surface area contributed by atoms with Gasteiger partial charge in [-0.3, -0.25) is 9.69 Å². The summed E-state index contributed by atoms with van der Waals surface area (Å²) in [5.74, 6) is 1.15. The molecule has 1 saturated heterocycles. The van der Waals surface area contributed by atoms with Crippen LogP contribution in [0.1, 0.15) is 94.1 Å². The second kappa shape index (κ2) is 21.5. The molecule has 1 aliphatic heterocycles. The molecule has 0 unspecified atom stereocenters. The molecule has 0 N–H and O–H groups in total. The van der Waals surface area contributed by atoms with Crippen molar-refractivity contribution in [2.75, 3.05) is 12.9 Å². The van der Waals surface area contributed by atoms with Crippen LogP contribution in [0.4, 0.5) is 0 Å². The Kier molecular flexibility index (Phi) is 19.4. The lowest BCUT2D eigenvalue weighted by Crippen LogP contribution is -2.53. The molecule has 1 aromatic carbocycles. The van der Waals surface area contributed by atoms with Crippen molar-refractivity contribution in [3.63, 3.8) is 0 Å². The summed E-state index contributed by atoms with van der Waals surface area (Å²) in [6.45, 7) is 22.6. The van der Waals surface area contributed by atoms with Crippen molar-refractivity contribution in [1.29, 1.82) is 0 Å². The number of carbonyl (C=O) groups is 1. The Morgan fingerprint density at radius 1 is 0.938 bits per heavy atom. The van der Waals surface area contributed by atoms with E-state index < -0.39 is 16.6 Å². The number of thioether (sulfide) groups is 1. The van der Waals surface area contributed by atoms with Crippen LogP contribution in [-0.2, 0) is 24.8 Å². The average molecular weight is 736 g/mol. The Balaban J connectivity index is 2.63. The zero-order valence-electron chi connectivity index (χ0n) is 32.3. The number of allylic oxidation sites excluding steroid dienone is 2. The van der Waals surface area contributed by atoms with E-state index in [4.69, 9.17) is 25.8 Å². The number of methoxy groups -OCH3 is 1. The molecule has 0 bridgehead atoms. The first-order valence-corrected chi connectivity index (χ1v) is 25.5. The molecule has 274 valence electrons. The van der Waals surface area contributed by atoms with Crippen LogP contribution in [0.3, 0.4) is 0 Å². The summed E-state index contributed by atoms with van der Waals surface area (Å²) < 4.78 is 21.9. The zero-order valence-corrected chi connectivity index (χ0v) is 35.9. The molecule has 9 heteroatoms. The van der Waals surface area contributed by atoms with Crippen LogP contribution in [0, 0.1) is 17.8 Å².